The van der Waals surface area contributed by atoms with Crippen molar-refractivity contribution in [3.05, 3.63) is 42.2 Å². The van der Waals surface area contributed by atoms with Gasteiger partial charge in [-0.15, -0.1) is 0 Å². The highest BCUT2D eigenvalue weighted by molar-refractivity contribution is 7.66. The third-order valence-corrected chi connectivity index (χ3v) is 7.59. The minimum atomic E-state index is -2.96. The van der Waals surface area contributed by atoms with Crippen LogP contribution in [0.15, 0.2) is 40.8 Å². The van der Waals surface area contributed by atoms with Crippen molar-refractivity contribution in [3.8, 4) is 11.3 Å². The third-order valence-electron chi connectivity index (χ3n) is 5.62. The van der Waals surface area contributed by atoms with E-state index in [0.29, 0.717) is 34.7 Å². The molecule has 0 aliphatic heterocycles. The van der Waals surface area contributed by atoms with E-state index < -0.39 is 19.2 Å². The van der Waals surface area contributed by atoms with Gasteiger partial charge in [0.25, 0.3) is 5.91 Å². The van der Waals surface area contributed by atoms with E-state index in [4.69, 9.17) is 8.94 Å². The third kappa shape index (κ3) is 8.93. The minimum Gasteiger partial charge on any atom is -0.451 e. The molecule has 2 aromatic rings. The lowest BCUT2D eigenvalue weighted by Gasteiger charge is -2.19. The molecule has 2 atom stereocenters. The van der Waals surface area contributed by atoms with Gasteiger partial charge in [-0.3, -0.25) is 24.2 Å². The number of unbranched alkanes of at least 4 members (excludes halogenated alkanes) is 3. The van der Waals surface area contributed by atoms with Crippen molar-refractivity contribution in [2.45, 2.75) is 46.0 Å². The number of nitrogens with zero attached hydrogens (tertiary/aromatic N) is 1. The predicted octanol–water partition coefficient (Wildman–Crippen LogP) is 3.75. The first kappa shape index (κ1) is 29.3. The molecule has 11 heteroatoms. The summed E-state index contributed by atoms with van der Waals surface area (Å²) in [4.78, 5) is 35.8. The van der Waals surface area contributed by atoms with E-state index in [1.54, 1.807) is 43.9 Å². The van der Waals surface area contributed by atoms with Gasteiger partial charge in [-0.05, 0) is 37.6 Å². The molecule has 10 nitrogen and oxygen atoms in total. The van der Waals surface area contributed by atoms with E-state index in [2.05, 4.69) is 17.6 Å². The van der Waals surface area contributed by atoms with Crippen LogP contribution in [-0.4, -0.2) is 55.0 Å². The molecule has 36 heavy (non-hydrogen) atoms. The van der Waals surface area contributed by atoms with Gasteiger partial charge >= 0.3 is 0 Å². The van der Waals surface area contributed by atoms with Crippen molar-refractivity contribution in [2.75, 3.05) is 26.5 Å². The number of benzene rings is 1. The normalized spacial score (nSPS) is 13.4. The van der Waals surface area contributed by atoms with E-state index in [1.165, 1.54) is 6.07 Å². The lowest BCUT2D eigenvalue weighted by Crippen LogP contribution is -2.42. The van der Waals surface area contributed by atoms with Gasteiger partial charge in [-0.1, -0.05) is 44.7 Å². The summed E-state index contributed by atoms with van der Waals surface area (Å²) >= 11 is 0. The lowest BCUT2D eigenvalue weighted by atomic mass is 9.99. The fraction of sp³-hybridized carbons (Fsp3) is 0.480. The van der Waals surface area contributed by atoms with Gasteiger partial charge in [0.15, 0.2) is 5.76 Å². The van der Waals surface area contributed by atoms with Crippen LogP contribution >= 0.6 is 7.37 Å². The van der Waals surface area contributed by atoms with Crippen molar-refractivity contribution >= 4 is 30.9 Å². The maximum atomic E-state index is 12.7. The van der Waals surface area contributed by atoms with Gasteiger partial charge in [-0.2, -0.15) is 0 Å². The zero-order valence-corrected chi connectivity index (χ0v) is 22.0. The summed E-state index contributed by atoms with van der Waals surface area (Å²) in [6.45, 7) is 5.48. The Balaban J connectivity index is 1.95. The molecule has 3 N–H and O–H groups in total. The van der Waals surface area contributed by atoms with Crippen LogP contribution in [0.2, 0.25) is 0 Å². The number of amides is 3. The van der Waals surface area contributed by atoms with Gasteiger partial charge in [0.1, 0.15) is 5.76 Å². The zero-order valence-electron chi connectivity index (χ0n) is 21.1. The summed E-state index contributed by atoms with van der Waals surface area (Å²) in [5.74, 6) is -1.02. The Morgan fingerprint density at radius 1 is 1.17 bits per heavy atom. The van der Waals surface area contributed by atoms with E-state index in [9.17, 15) is 24.2 Å². The van der Waals surface area contributed by atoms with Crippen molar-refractivity contribution in [1.29, 1.82) is 0 Å². The number of furan rings is 1. The Hall–Kier alpha value is -2.94. The topological polar surface area (TPSA) is 138 Å². The average Bonchev–Trinajstić information content (AvgIpc) is 3.36. The monoisotopic (exact) mass is 521 g/mol. The Kier molecular flexibility index (Phi) is 11.9. The van der Waals surface area contributed by atoms with Gasteiger partial charge in [-0.25, -0.2) is 5.06 Å². The van der Waals surface area contributed by atoms with Crippen molar-refractivity contribution in [1.82, 2.24) is 15.7 Å². The molecule has 0 fully saturated rings. The van der Waals surface area contributed by atoms with Crippen LogP contribution < -0.4 is 15.9 Å². The standard InChI is InChI=1S/C25H36N3O7P/c1-4-6-7-8-10-20(16-28(32)18-29)24(30)26-17-27-25(31)23-14-13-22(35-23)19-11-9-12-21(15-19)36(3,33)34-5-2/h9,11-15,18,20,32H,4-8,10,16-17H2,1-3H3,(H,26,30)(H,27,31)/t20-,36?/m1/s1. The van der Waals surface area contributed by atoms with Gasteiger partial charge in [0, 0.05) is 17.5 Å². The number of hydrogen-bond acceptors (Lipinski definition) is 7. The minimum absolute atomic E-state index is 0.0488. The van der Waals surface area contributed by atoms with Gasteiger partial charge < -0.3 is 19.6 Å². The van der Waals surface area contributed by atoms with Crippen LogP contribution in [0.5, 0.6) is 0 Å². The first-order valence-electron chi connectivity index (χ1n) is 12.1. The average molecular weight is 522 g/mol. The number of carbonyl (C=O) groups is 3. The fourth-order valence-electron chi connectivity index (χ4n) is 3.68. The highest BCUT2D eigenvalue weighted by Crippen LogP contribution is 2.41. The van der Waals surface area contributed by atoms with Gasteiger partial charge in [0.2, 0.25) is 19.7 Å². The molecule has 0 saturated heterocycles. The van der Waals surface area contributed by atoms with E-state index in [1.807, 2.05) is 0 Å². The molecule has 1 aromatic heterocycles. The molecule has 1 unspecified atom stereocenters. The highest BCUT2D eigenvalue weighted by atomic mass is 31.2. The first-order chi connectivity index (χ1) is 17.2. The van der Waals surface area contributed by atoms with Crippen LogP contribution in [0.4, 0.5) is 0 Å². The second kappa shape index (κ2) is 14.6. The highest BCUT2D eigenvalue weighted by Gasteiger charge is 2.22. The molecular formula is C25H36N3O7P. The largest absolute Gasteiger partial charge is 0.451 e. The van der Waals surface area contributed by atoms with Crippen LogP contribution in [0.3, 0.4) is 0 Å². The molecule has 0 spiro atoms. The molecule has 198 valence electrons. The molecule has 0 radical (unpaired) electrons. The first-order valence-corrected chi connectivity index (χ1v) is 14.2. The van der Waals surface area contributed by atoms with E-state index >= 15 is 0 Å². The number of rotatable bonds is 16. The van der Waals surface area contributed by atoms with Gasteiger partial charge in [0.05, 0.1) is 25.7 Å². The number of hydroxylamine groups is 2. The number of carbonyl (C=O) groups excluding carboxylic acids is 3. The molecular weight excluding hydrogens is 485 g/mol. The summed E-state index contributed by atoms with van der Waals surface area (Å²) < 4.78 is 23.8. The van der Waals surface area contributed by atoms with Crippen LogP contribution in [0.25, 0.3) is 11.3 Å². The molecule has 0 aliphatic rings. The van der Waals surface area contributed by atoms with Crippen molar-refractivity contribution in [2.24, 2.45) is 5.92 Å². The second-order valence-electron chi connectivity index (χ2n) is 8.48. The summed E-state index contributed by atoms with van der Waals surface area (Å²) in [6, 6.07) is 10.1. The second-order valence-corrected chi connectivity index (χ2v) is 10.9. The maximum absolute atomic E-state index is 12.7. The zero-order chi connectivity index (χ0) is 26.6. The Morgan fingerprint density at radius 2 is 1.94 bits per heavy atom. The van der Waals surface area contributed by atoms with Crippen LogP contribution in [-0.2, 0) is 18.7 Å². The summed E-state index contributed by atoms with van der Waals surface area (Å²) in [6.07, 6.45) is 4.61. The molecule has 1 aromatic carbocycles. The molecule has 3 amide bonds. The Morgan fingerprint density at radius 3 is 2.64 bits per heavy atom. The smallest absolute Gasteiger partial charge is 0.288 e. The van der Waals surface area contributed by atoms with Crippen molar-refractivity contribution in [3.63, 3.8) is 0 Å². The van der Waals surface area contributed by atoms with E-state index in [0.717, 1.165) is 25.7 Å². The molecule has 2 rings (SSSR count). The van der Waals surface area contributed by atoms with Crippen molar-refractivity contribution < 1.29 is 33.1 Å². The van der Waals surface area contributed by atoms with Crippen LogP contribution in [0.1, 0.15) is 56.5 Å². The molecule has 0 bridgehead atoms. The Labute approximate surface area is 211 Å². The predicted molar refractivity (Wildman–Crippen MR) is 136 cm³/mol. The van der Waals surface area contributed by atoms with E-state index in [-0.39, 0.29) is 31.3 Å². The SMILES string of the molecule is CCCCCC[C@H](CN(O)C=O)C(=O)NCNC(=O)c1ccc(-c2cccc(P(C)(=O)OCC)c2)o1. The summed E-state index contributed by atoms with van der Waals surface area (Å²) in [5, 5.41) is 15.7. The molecule has 1 heterocycles. The van der Waals surface area contributed by atoms with Crippen LogP contribution in [0, 0.1) is 5.92 Å². The fourth-order valence-corrected chi connectivity index (χ4v) is 5.05. The lowest BCUT2D eigenvalue weighted by molar-refractivity contribution is -0.154. The summed E-state index contributed by atoms with van der Waals surface area (Å²) in [7, 11) is -2.96. The number of hydrogen-bond donors (Lipinski definition) is 3. The number of nitrogens with one attached hydrogen (secondary N) is 2. The quantitative estimate of drug-likeness (QED) is 0.0764. The molecule has 0 saturated carbocycles. The Bertz CT molecular complexity index is 1060. The molecule has 0 aliphatic carbocycles. The maximum Gasteiger partial charge on any atom is 0.288 e. The summed E-state index contributed by atoms with van der Waals surface area (Å²) in [5.41, 5.74) is 0.649.